The summed E-state index contributed by atoms with van der Waals surface area (Å²) in [6.45, 7) is 0. The van der Waals surface area contributed by atoms with Gasteiger partial charge in [0.05, 0.1) is 27.3 Å². The molecule has 4 heterocycles. The van der Waals surface area contributed by atoms with Gasteiger partial charge >= 0.3 is 0 Å². The normalized spacial score (nSPS) is 12.4. The van der Waals surface area contributed by atoms with Gasteiger partial charge in [-0.05, 0) is 40.6 Å². The summed E-state index contributed by atoms with van der Waals surface area (Å²) in [5.74, 6) is 0.669. The summed E-state index contributed by atoms with van der Waals surface area (Å²) in [5.41, 5.74) is 7.57. The predicted octanol–water partition coefficient (Wildman–Crippen LogP) is 9.66. The van der Waals surface area contributed by atoms with Crippen molar-refractivity contribution in [1.29, 1.82) is 0 Å². The highest BCUT2D eigenvalue weighted by Gasteiger charge is 2.30. The van der Waals surface area contributed by atoms with Gasteiger partial charge in [0.1, 0.15) is 0 Å². The number of aromatic nitrogens is 3. The highest BCUT2D eigenvalue weighted by atomic mass is 32.1. The molecule has 1 aliphatic rings. The van der Waals surface area contributed by atoms with Crippen LogP contribution in [0.3, 0.4) is 0 Å². The smallest absolute Gasteiger partial charge is 0.235 e. The van der Waals surface area contributed by atoms with Gasteiger partial charge in [-0.15, -0.1) is 11.3 Å². The molecular formula is C35H20N4S. The molecule has 0 saturated heterocycles. The number of pyridine rings is 1. The van der Waals surface area contributed by atoms with Gasteiger partial charge in [0, 0.05) is 44.4 Å². The largest absolute Gasteiger partial charge is 0.277 e. The standard InChI is InChI=1S/C35H20N4S/c1-2-10-24-21(7-1)15-16-26-25-12-5-8-22-9-6-13-28(30(22)25)39(33(24)26)35-37-31(23-17-19-36-20-18-23)34-32(38-35)27-11-3-4-14-29(27)40-34/h1-20H. The number of hydrogen-bond donors (Lipinski definition) is 0. The molecule has 40 heavy (non-hydrogen) atoms. The molecule has 186 valence electrons. The van der Waals surface area contributed by atoms with Gasteiger partial charge < -0.3 is 0 Å². The summed E-state index contributed by atoms with van der Waals surface area (Å²) >= 11 is 1.75. The van der Waals surface area contributed by atoms with Crippen LogP contribution in [0.15, 0.2) is 122 Å². The van der Waals surface area contributed by atoms with Crippen LogP contribution in [-0.2, 0) is 0 Å². The van der Waals surface area contributed by atoms with E-state index in [0.717, 1.165) is 38.2 Å². The first-order chi connectivity index (χ1) is 19.8. The number of nitrogens with zero attached hydrogens (tertiary/aromatic N) is 4. The summed E-state index contributed by atoms with van der Waals surface area (Å²) in [6, 6.07) is 38.7. The Balaban J connectivity index is 1.46. The van der Waals surface area contributed by atoms with Crippen molar-refractivity contribution in [1.82, 2.24) is 15.0 Å². The summed E-state index contributed by atoms with van der Waals surface area (Å²) < 4.78 is 2.29. The monoisotopic (exact) mass is 528 g/mol. The van der Waals surface area contributed by atoms with Gasteiger partial charge in [-0.2, -0.15) is 0 Å². The molecule has 5 heteroatoms. The Labute approximate surface area is 233 Å². The van der Waals surface area contributed by atoms with Crippen LogP contribution in [0.1, 0.15) is 0 Å². The lowest BCUT2D eigenvalue weighted by atomic mass is 9.89. The van der Waals surface area contributed by atoms with Crippen LogP contribution in [0.2, 0.25) is 0 Å². The molecular weight excluding hydrogens is 508 g/mol. The van der Waals surface area contributed by atoms with Crippen molar-refractivity contribution in [3.63, 3.8) is 0 Å². The van der Waals surface area contributed by atoms with E-state index in [4.69, 9.17) is 9.97 Å². The lowest BCUT2D eigenvalue weighted by Gasteiger charge is -2.33. The first-order valence-electron chi connectivity index (χ1n) is 13.3. The van der Waals surface area contributed by atoms with Crippen molar-refractivity contribution >= 4 is 70.5 Å². The van der Waals surface area contributed by atoms with E-state index in [0.29, 0.717) is 5.95 Å². The lowest BCUT2D eigenvalue weighted by Crippen LogP contribution is -2.18. The van der Waals surface area contributed by atoms with E-state index in [9.17, 15) is 0 Å². The van der Waals surface area contributed by atoms with E-state index in [1.165, 1.54) is 37.4 Å². The van der Waals surface area contributed by atoms with Gasteiger partial charge in [-0.1, -0.05) is 84.9 Å². The number of hydrogen-bond acceptors (Lipinski definition) is 5. The third-order valence-corrected chi connectivity index (χ3v) is 9.07. The maximum atomic E-state index is 5.35. The maximum Gasteiger partial charge on any atom is 0.235 e. The minimum absolute atomic E-state index is 0.669. The Morgan fingerprint density at radius 3 is 2.27 bits per heavy atom. The van der Waals surface area contributed by atoms with E-state index < -0.39 is 0 Å². The fourth-order valence-electron chi connectivity index (χ4n) is 6.16. The quantitative estimate of drug-likeness (QED) is 0.224. The number of thiophene rings is 1. The molecule has 3 aromatic heterocycles. The molecule has 4 nitrogen and oxygen atoms in total. The maximum absolute atomic E-state index is 5.35. The highest BCUT2D eigenvalue weighted by molar-refractivity contribution is 7.26. The Kier molecular flexibility index (Phi) is 4.45. The van der Waals surface area contributed by atoms with Crippen molar-refractivity contribution in [2.24, 2.45) is 0 Å². The molecule has 0 atom stereocenters. The van der Waals surface area contributed by atoms with Crippen LogP contribution in [-0.4, -0.2) is 15.0 Å². The van der Waals surface area contributed by atoms with Gasteiger partial charge in [0.25, 0.3) is 0 Å². The summed E-state index contributed by atoms with van der Waals surface area (Å²) in [7, 11) is 0. The first-order valence-corrected chi connectivity index (χ1v) is 14.1. The van der Waals surface area contributed by atoms with Crippen LogP contribution < -0.4 is 4.90 Å². The van der Waals surface area contributed by atoms with E-state index in [1.54, 1.807) is 11.3 Å². The molecule has 0 radical (unpaired) electrons. The second kappa shape index (κ2) is 8.18. The highest BCUT2D eigenvalue weighted by Crippen LogP contribution is 2.53. The average molecular weight is 529 g/mol. The molecule has 0 spiro atoms. The minimum Gasteiger partial charge on any atom is -0.277 e. The topological polar surface area (TPSA) is 41.9 Å². The number of benzene rings is 5. The third kappa shape index (κ3) is 2.98. The molecule has 9 rings (SSSR count). The Morgan fingerprint density at radius 1 is 0.600 bits per heavy atom. The van der Waals surface area contributed by atoms with Crippen LogP contribution in [0.5, 0.6) is 0 Å². The molecule has 0 aliphatic carbocycles. The lowest BCUT2D eigenvalue weighted by molar-refractivity contribution is 1.12. The van der Waals surface area contributed by atoms with Crippen molar-refractivity contribution < 1.29 is 0 Å². The van der Waals surface area contributed by atoms with Crippen LogP contribution in [0.25, 0.3) is 64.2 Å². The number of fused-ring (bicyclic) bond motifs is 7. The average Bonchev–Trinajstić information content (AvgIpc) is 3.40. The molecule has 1 aliphatic heterocycles. The molecule has 5 aromatic carbocycles. The first kappa shape index (κ1) is 21.8. The molecule has 0 N–H and O–H groups in total. The Hall–Kier alpha value is -5.13. The van der Waals surface area contributed by atoms with Gasteiger partial charge in [-0.25, -0.2) is 9.97 Å². The van der Waals surface area contributed by atoms with Gasteiger partial charge in [-0.3, -0.25) is 9.88 Å². The van der Waals surface area contributed by atoms with E-state index in [1.807, 2.05) is 24.5 Å². The predicted molar refractivity (Wildman–Crippen MR) is 167 cm³/mol. The van der Waals surface area contributed by atoms with Crippen molar-refractivity contribution in [3.8, 4) is 22.4 Å². The van der Waals surface area contributed by atoms with Crippen molar-refractivity contribution in [2.45, 2.75) is 0 Å². The molecule has 8 aromatic rings. The summed E-state index contributed by atoms with van der Waals surface area (Å²) in [5, 5.41) is 5.94. The Bertz CT molecular complexity index is 2280. The van der Waals surface area contributed by atoms with Crippen molar-refractivity contribution in [3.05, 3.63) is 122 Å². The fraction of sp³-hybridized carbons (Fsp3) is 0. The van der Waals surface area contributed by atoms with Crippen molar-refractivity contribution in [2.75, 3.05) is 4.90 Å². The molecule has 0 saturated carbocycles. The van der Waals surface area contributed by atoms with E-state index in [2.05, 4.69) is 107 Å². The fourth-order valence-corrected chi connectivity index (χ4v) is 7.31. The van der Waals surface area contributed by atoms with E-state index >= 15 is 0 Å². The second-order valence-electron chi connectivity index (χ2n) is 10.1. The van der Waals surface area contributed by atoms with Crippen LogP contribution in [0.4, 0.5) is 17.3 Å². The summed E-state index contributed by atoms with van der Waals surface area (Å²) in [6.07, 6.45) is 3.66. The third-order valence-electron chi connectivity index (χ3n) is 7.90. The second-order valence-corrected chi connectivity index (χ2v) is 11.1. The zero-order valence-corrected chi connectivity index (χ0v) is 22.1. The zero-order chi connectivity index (χ0) is 26.2. The SMILES string of the molecule is c1ccc2c3c(ccc2c1)-c1cccc2cccc(c12)N3c1nc(-c2ccncc2)c2sc3ccccc3c2n1. The Morgan fingerprint density at radius 2 is 1.38 bits per heavy atom. The zero-order valence-electron chi connectivity index (χ0n) is 21.2. The van der Waals surface area contributed by atoms with Crippen LogP contribution in [0, 0.1) is 0 Å². The van der Waals surface area contributed by atoms with E-state index in [-0.39, 0.29) is 0 Å². The molecule has 0 amide bonds. The molecule has 0 unspecified atom stereocenters. The van der Waals surface area contributed by atoms with Gasteiger partial charge in [0.15, 0.2) is 0 Å². The molecule has 0 fully saturated rings. The minimum atomic E-state index is 0.669. The van der Waals surface area contributed by atoms with Gasteiger partial charge in [0.2, 0.25) is 5.95 Å². The summed E-state index contributed by atoms with van der Waals surface area (Å²) in [4.78, 5) is 17.3. The van der Waals surface area contributed by atoms with Crippen LogP contribution >= 0.6 is 11.3 Å². The number of rotatable bonds is 2. The number of anilines is 3. The molecule has 0 bridgehead atoms.